The minimum absolute atomic E-state index is 0.00728. The number of aromatic hydroxyl groups is 1. The number of sulfonamides is 1. The number of azo groups is 1. The van der Waals surface area contributed by atoms with Gasteiger partial charge in [0.25, 0.3) is 0 Å². The molecule has 0 saturated carbocycles. The maximum atomic E-state index is 11.4. The summed E-state index contributed by atoms with van der Waals surface area (Å²) in [5.74, 6) is 0.132. The van der Waals surface area contributed by atoms with E-state index in [1.807, 2.05) is 30.3 Å². The van der Waals surface area contributed by atoms with Crippen molar-refractivity contribution < 1.29 is 13.5 Å². The monoisotopic (exact) mass is 526 g/mol. The summed E-state index contributed by atoms with van der Waals surface area (Å²) in [7, 11) is -3.77. The van der Waals surface area contributed by atoms with Crippen LogP contribution in [-0.2, 0) is 10.0 Å². The molecule has 4 N–H and O–H groups in total. The fourth-order valence-electron chi connectivity index (χ4n) is 2.77. The van der Waals surface area contributed by atoms with E-state index < -0.39 is 10.0 Å². The van der Waals surface area contributed by atoms with Crippen molar-refractivity contribution in [2.45, 2.75) is 4.90 Å². The zero-order valence-electron chi connectivity index (χ0n) is 17.0. The molecule has 0 atom stereocenters. The number of rotatable bonds is 7. The van der Waals surface area contributed by atoms with E-state index in [-0.39, 0.29) is 25.1 Å². The van der Waals surface area contributed by atoms with Crippen LogP contribution in [0.25, 0.3) is 11.3 Å². The Balaban J connectivity index is 1.60. The van der Waals surface area contributed by atoms with E-state index in [1.54, 1.807) is 24.3 Å². The van der Waals surface area contributed by atoms with Gasteiger partial charge in [-0.2, -0.15) is 0 Å². The molecule has 0 spiro atoms. The minimum atomic E-state index is -3.77. The van der Waals surface area contributed by atoms with E-state index in [0.29, 0.717) is 26.2 Å². The van der Waals surface area contributed by atoms with Gasteiger partial charge in [0, 0.05) is 0 Å². The number of primary sulfonamides is 1. The second-order valence-corrected chi connectivity index (χ2v) is 10.3. The molecular formula is C22H18N6O3SSe. The van der Waals surface area contributed by atoms with Gasteiger partial charge in [-0.1, -0.05) is 0 Å². The van der Waals surface area contributed by atoms with Gasteiger partial charge in [-0.05, 0) is 0 Å². The van der Waals surface area contributed by atoms with Crippen LogP contribution < -0.4 is 10.6 Å². The van der Waals surface area contributed by atoms with E-state index in [9.17, 15) is 13.5 Å². The number of hydrogen-bond acceptors (Lipinski definition) is 8. The van der Waals surface area contributed by atoms with Gasteiger partial charge < -0.3 is 0 Å². The molecule has 0 unspecified atom stereocenters. The van der Waals surface area contributed by atoms with Crippen molar-refractivity contribution in [3.8, 4) is 17.0 Å². The Hall–Kier alpha value is -3.63. The van der Waals surface area contributed by atoms with Crippen LogP contribution in [0.2, 0.25) is 0 Å². The summed E-state index contributed by atoms with van der Waals surface area (Å²) in [5.41, 5.74) is 5.55. The Morgan fingerprint density at radius 1 is 0.939 bits per heavy atom. The average Bonchev–Trinajstić information content (AvgIpc) is 3.22. The summed E-state index contributed by atoms with van der Waals surface area (Å²) in [6.07, 6.45) is 1.52. The topological polar surface area (TPSA) is 142 Å². The van der Waals surface area contributed by atoms with Gasteiger partial charge in [-0.25, -0.2) is 0 Å². The number of benzene rings is 3. The van der Waals surface area contributed by atoms with Gasteiger partial charge in [0.1, 0.15) is 0 Å². The van der Waals surface area contributed by atoms with Crippen LogP contribution in [0.4, 0.5) is 14.9 Å². The number of phenols is 1. The van der Waals surface area contributed by atoms with Crippen LogP contribution in [0.3, 0.4) is 0 Å². The summed E-state index contributed by atoms with van der Waals surface area (Å²) >= 11 is -0.300. The Labute approximate surface area is 196 Å². The first-order chi connectivity index (χ1) is 15.9. The number of phenolic OH excluding ortho intramolecular Hbond substituents is 1. The van der Waals surface area contributed by atoms with E-state index in [2.05, 4.69) is 25.7 Å². The van der Waals surface area contributed by atoms with Crippen molar-refractivity contribution in [3.05, 3.63) is 84.4 Å². The molecule has 1 heterocycles. The third-order valence-electron chi connectivity index (χ3n) is 4.38. The fraction of sp³-hybridized carbons (Fsp3) is 0. The first kappa shape index (κ1) is 22.6. The summed E-state index contributed by atoms with van der Waals surface area (Å²) in [5, 5.41) is 27.8. The SMILES string of the molecule is NS(=O)(=O)c1ccc(N=Nc2[se]c(N/N=C/c3ccccc3O)nc2-c2ccccc2)cc1. The third kappa shape index (κ3) is 5.79. The van der Waals surface area contributed by atoms with Gasteiger partial charge in [0.05, 0.1) is 0 Å². The molecule has 33 heavy (non-hydrogen) atoms. The number of hydrogen-bond donors (Lipinski definition) is 3. The second kappa shape index (κ2) is 9.88. The van der Waals surface area contributed by atoms with Crippen molar-refractivity contribution in [2.75, 3.05) is 5.43 Å². The zero-order valence-corrected chi connectivity index (χ0v) is 19.6. The Morgan fingerprint density at radius 2 is 1.64 bits per heavy atom. The Kier molecular flexibility index (Phi) is 6.76. The van der Waals surface area contributed by atoms with E-state index >= 15 is 0 Å². The first-order valence-corrected chi connectivity index (χ1v) is 12.8. The number of para-hydroxylation sites is 1. The van der Waals surface area contributed by atoms with Crippen LogP contribution in [0.5, 0.6) is 5.75 Å². The molecule has 0 aliphatic carbocycles. The molecule has 1 aromatic heterocycles. The Morgan fingerprint density at radius 3 is 2.33 bits per heavy atom. The van der Waals surface area contributed by atoms with E-state index in [0.717, 1.165) is 5.56 Å². The summed E-state index contributed by atoms with van der Waals surface area (Å²) in [4.78, 5) is 4.65. The molecule has 4 rings (SSSR count). The van der Waals surface area contributed by atoms with Crippen molar-refractivity contribution in [1.82, 2.24) is 4.98 Å². The molecule has 0 aliphatic rings. The van der Waals surface area contributed by atoms with Gasteiger partial charge in [-0.3, -0.25) is 0 Å². The predicted octanol–water partition coefficient (Wildman–Crippen LogP) is 4.02. The predicted molar refractivity (Wildman–Crippen MR) is 128 cm³/mol. The average molecular weight is 525 g/mol. The zero-order chi connectivity index (χ0) is 23.3. The van der Waals surface area contributed by atoms with Gasteiger partial charge in [0.15, 0.2) is 0 Å². The molecule has 0 amide bonds. The standard InChI is InChI=1S/C22H18N6O3SSe/c23-32(30,31)18-12-10-17(11-13-18)26-27-21-20(15-6-2-1-3-7-15)25-22(33-21)28-24-14-16-8-4-5-9-19(16)29/h1-14,29H,(H,25,28)(H2,23,30,31)/b24-14+,27-26?. The molecule has 0 fully saturated rings. The number of aromatic nitrogens is 1. The van der Waals surface area contributed by atoms with Gasteiger partial charge >= 0.3 is 196 Å². The van der Waals surface area contributed by atoms with Crippen LogP contribution in [0.1, 0.15) is 5.56 Å². The number of hydrazone groups is 1. The second-order valence-electron chi connectivity index (χ2n) is 6.71. The van der Waals surface area contributed by atoms with Crippen molar-refractivity contribution >= 4 is 45.7 Å². The molecule has 9 nitrogen and oxygen atoms in total. The third-order valence-corrected chi connectivity index (χ3v) is 7.08. The molecule has 0 radical (unpaired) electrons. The normalized spacial score (nSPS) is 11.9. The van der Waals surface area contributed by atoms with Crippen molar-refractivity contribution in [2.24, 2.45) is 20.5 Å². The maximum absolute atomic E-state index is 11.4. The van der Waals surface area contributed by atoms with Crippen LogP contribution in [-0.4, -0.2) is 39.2 Å². The van der Waals surface area contributed by atoms with Crippen LogP contribution in [0, 0.1) is 0 Å². The molecule has 0 aliphatic heterocycles. The fourth-order valence-corrected chi connectivity index (χ4v) is 4.88. The molecule has 0 bridgehead atoms. The van der Waals surface area contributed by atoms with E-state index in [4.69, 9.17) is 5.14 Å². The van der Waals surface area contributed by atoms with Gasteiger partial charge in [0.2, 0.25) is 0 Å². The quantitative estimate of drug-likeness (QED) is 0.145. The van der Waals surface area contributed by atoms with Crippen molar-refractivity contribution in [1.29, 1.82) is 0 Å². The number of nitrogens with two attached hydrogens (primary N) is 1. The Bertz CT molecular complexity index is 1420. The molecule has 0 saturated heterocycles. The summed E-state index contributed by atoms with van der Waals surface area (Å²) < 4.78 is 24.1. The van der Waals surface area contributed by atoms with Crippen molar-refractivity contribution in [3.63, 3.8) is 0 Å². The molecular weight excluding hydrogens is 507 g/mol. The molecule has 166 valence electrons. The molecule has 11 heteroatoms. The summed E-state index contributed by atoms with van der Waals surface area (Å²) in [6, 6.07) is 22.3. The van der Waals surface area contributed by atoms with E-state index in [1.165, 1.54) is 30.5 Å². The molecule has 4 aromatic rings. The van der Waals surface area contributed by atoms with Crippen LogP contribution in [0.15, 0.2) is 99.1 Å². The summed E-state index contributed by atoms with van der Waals surface area (Å²) in [6.45, 7) is 0. The first-order valence-electron chi connectivity index (χ1n) is 9.58. The number of nitrogens with one attached hydrogen (secondary N) is 1. The van der Waals surface area contributed by atoms with Crippen LogP contribution >= 0.6 is 0 Å². The molecule has 3 aromatic carbocycles. The number of nitrogens with zero attached hydrogens (tertiary/aromatic N) is 4. The number of anilines is 1. The van der Waals surface area contributed by atoms with Gasteiger partial charge in [-0.15, -0.1) is 0 Å².